The molecule has 0 saturated heterocycles. The topological polar surface area (TPSA) is 29.5 Å². The molecule has 0 aliphatic rings. The van der Waals surface area contributed by atoms with Gasteiger partial charge in [0.25, 0.3) is 0 Å². The average molecular weight is 262 g/mol. The van der Waals surface area contributed by atoms with Crippen molar-refractivity contribution in [3.63, 3.8) is 0 Å². The van der Waals surface area contributed by atoms with E-state index in [2.05, 4.69) is 0 Å². The fourth-order valence-electron chi connectivity index (χ4n) is 1.39. The van der Waals surface area contributed by atoms with E-state index in [4.69, 9.17) is 27.9 Å². The van der Waals surface area contributed by atoms with E-state index >= 15 is 0 Å². The Bertz CT molecular complexity index is 407. The first-order chi connectivity index (χ1) is 7.47. The second-order valence-corrected chi connectivity index (χ2v) is 4.23. The molecule has 0 aromatic heterocycles. The van der Waals surface area contributed by atoms with Crippen molar-refractivity contribution in [2.75, 3.05) is 25.6 Å². The number of anilines is 1. The lowest BCUT2D eigenvalue weighted by atomic mass is 10.2. The lowest BCUT2D eigenvalue weighted by Crippen LogP contribution is -2.24. The summed E-state index contributed by atoms with van der Waals surface area (Å²) in [5, 5.41) is 0.752. The number of ether oxygens (including phenoxy) is 1. The van der Waals surface area contributed by atoms with E-state index in [-0.39, 0.29) is 5.78 Å². The summed E-state index contributed by atoms with van der Waals surface area (Å²) >= 11 is 12.1. The molecule has 0 radical (unpaired) electrons. The van der Waals surface area contributed by atoms with E-state index in [1.54, 1.807) is 24.1 Å². The van der Waals surface area contributed by atoms with Gasteiger partial charge < -0.3 is 9.64 Å². The quantitative estimate of drug-likeness (QED) is 0.835. The molecule has 1 aromatic rings. The number of hydrogen-bond donors (Lipinski definition) is 0. The van der Waals surface area contributed by atoms with Gasteiger partial charge in [0.05, 0.1) is 24.4 Å². The molecule has 0 amide bonds. The number of likely N-dealkylation sites (N-methyl/N-ethyl adjacent to an activating group) is 1. The third-order valence-electron chi connectivity index (χ3n) is 2.12. The number of ketones is 1. The smallest absolute Gasteiger partial charge is 0.149 e. The molecule has 88 valence electrons. The van der Waals surface area contributed by atoms with Gasteiger partial charge in [-0.2, -0.15) is 0 Å². The second kappa shape index (κ2) is 5.41. The monoisotopic (exact) mass is 261 g/mol. The molecule has 0 unspecified atom stereocenters. The highest BCUT2D eigenvalue weighted by atomic mass is 35.5. The summed E-state index contributed by atoms with van der Waals surface area (Å²) < 4.78 is 5.04. The van der Waals surface area contributed by atoms with E-state index < -0.39 is 0 Å². The van der Waals surface area contributed by atoms with Crippen LogP contribution in [-0.4, -0.2) is 26.5 Å². The molecule has 3 nitrogen and oxygen atoms in total. The van der Waals surface area contributed by atoms with E-state index in [1.807, 2.05) is 0 Å². The van der Waals surface area contributed by atoms with Crippen molar-refractivity contribution in [2.45, 2.75) is 6.92 Å². The van der Waals surface area contributed by atoms with Gasteiger partial charge in [0.1, 0.15) is 16.6 Å². The van der Waals surface area contributed by atoms with Crippen LogP contribution in [0.4, 0.5) is 5.69 Å². The molecule has 0 spiro atoms. The molecular formula is C11H13Cl2NO2. The molecule has 0 fully saturated rings. The number of hydrogen-bond acceptors (Lipinski definition) is 3. The van der Waals surface area contributed by atoms with Gasteiger partial charge in [-0.05, 0) is 19.1 Å². The molecule has 16 heavy (non-hydrogen) atoms. The van der Waals surface area contributed by atoms with Gasteiger partial charge in [-0.3, -0.25) is 4.79 Å². The molecule has 0 bridgehead atoms. The highest BCUT2D eigenvalue weighted by Gasteiger charge is 2.14. The predicted octanol–water partition coefficient (Wildman–Crippen LogP) is 3.03. The largest absolute Gasteiger partial charge is 0.495 e. The van der Waals surface area contributed by atoms with Crippen LogP contribution in [0.5, 0.6) is 5.75 Å². The Balaban J connectivity index is 3.06. The maximum atomic E-state index is 11.0. The fraction of sp³-hybridized carbons (Fsp3) is 0.364. The van der Waals surface area contributed by atoms with Gasteiger partial charge in [-0.1, -0.05) is 23.2 Å². The Morgan fingerprint density at radius 3 is 2.50 bits per heavy atom. The molecule has 0 heterocycles. The molecule has 1 rings (SSSR count). The van der Waals surface area contributed by atoms with Crippen molar-refractivity contribution >= 4 is 34.7 Å². The number of carbonyl (C=O) groups is 1. The minimum absolute atomic E-state index is 0.0607. The molecule has 1 aromatic carbocycles. The minimum atomic E-state index is 0.0607. The van der Waals surface area contributed by atoms with Crippen LogP contribution in [0.3, 0.4) is 0 Å². The maximum absolute atomic E-state index is 11.0. The maximum Gasteiger partial charge on any atom is 0.149 e. The van der Waals surface area contributed by atoms with Crippen LogP contribution >= 0.6 is 23.2 Å². The first kappa shape index (κ1) is 13.1. The SMILES string of the molecule is COc1ccc(N(C)CC(C)=O)c(Cl)c1Cl. The van der Waals surface area contributed by atoms with E-state index in [9.17, 15) is 4.79 Å². The zero-order valence-corrected chi connectivity index (χ0v) is 10.9. The molecule has 0 N–H and O–H groups in total. The molecule has 0 aliphatic carbocycles. The molecule has 5 heteroatoms. The zero-order chi connectivity index (χ0) is 12.3. The van der Waals surface area contributed by atoms with Gasteiger partial charge in [-0.15, -0.1) is 0 Å². The average Bonchev–Trinajstić information content (AvgIpc) is 2.20. The number of carbonyl (C=O) groups excluding carboxylic acids is 1. The highest BCUT2D eigenvalue weighted by molar-refractivity contribution is 6.44. The van der Waals surface area contributed by atoms with Crippen molar-refractivity contribution in [3.8, 4) is 5.75 Å². The summed E-state index contributed by atoms with van der Waals surface area (Å²) in [5.41, 5.74) is 0.711. The third kappa shape index (κ3) is 2.80. The van der Waals surface area contributed by atoms with Gasteiger partial charge in [0, 0.05) is 7.05 Å². The Morgan fingerprint density at radius 1 is 1.38 bits per heavy atom. The van der Waals surface area contributed by atoms with Crippen LogP contribution in [0.15, 0.2) is 12.1 Å². The predicted molar refractivity (Wildman–Crippen MR) is 67.0 cm³/mol. The molecule has 0 atom stereocenters. The number of rotatable bonds is 4. The number of Topliss-reactive ketones (excluding diaryl/α,β-unsaturated/α-hetero) is 1. The Morgan fingerprint density at radius 2 is 2.00 bits per heavy atom. The summed E-state index contributed by atoms with van der Waals surface area (Å²) in [4.78, 5) is 12.8. The minimum Gasteiger partial charge on any atom is -0.495 e. The number of benzene rings is 1. The van der Waals surface area contributed by atoms with Crippen molar-refractivity contribution in [1.29, 1.82) is 0 Å². The number of nitrogens with zero attached hydrogens (tertiary/aromatic N) is 1. The van der Waals surface area contributed by atoms with Crippen LogP contribution < -0.4 is 9.64 Å². The van der Waals surface area contributed by atoms with Gasteiger partial charge >= 0.3 is 0 Å². The van der Waals surface area contributed by atoms with Gasteiger partial charge in [0.2, 0.25) is 0 Å². The molecular weight excluding hydrogens is 249 g/mol. The van der Waals surface area contributed by atoms with Crippen LogP contribution in [0.2, 0.25) is 10.0 Å². The van der Waals surface area contributed by atoms with E-state index in [0.717, 1.165) is 0 Å². The van der Waals surface area contributed by atoms with Crippen LogP contribution in [-0.2, 0) is 4.79 Å². The normalized spacial score (nSPS) is 10.1. The lowest BCUT2D eigenvalue weighted by Gasteiger charge is -2.20. The van der Waals surface area contributed by atoms with E-state index in [1.165, 1.54) is 14.0 Å². The van der Waals surface area contributed by atoms with Crippen molar-refractivity contribution in [3.05, 3.63) is 22.2 Å². The summed E-state index contributed by atoms with van der Waals surface area (Å²) in [7, 11) is 3.31. The first-order valence-corrected chi connectivity index (χ1v) is 5.45. The van der Waals surface area contributed by atoms with Gasteiger partial charge in [0.15, 0.2) is 0 Å². The fourth-order valence-corrected chi connectivity index (χ4v) is 1.93. The third-order valence-corrected chi connectivity index (χ3v) is 2.97. The number of methoxy groups -OCH3 is 1. The molecule has 0 aliphatic heterocycles. The number of halogens is 2. The Labute approximate surface area is 105 Å². The van der Waals surface area contributed by atoms with Crippen LogP contribution in [0, 0.1) is 0 Å². The summed E-state index contributed by atoms with van der Waals surface area (Å²) in [5.74, 6) is 0.581. The van der Waals surface area contributed by atoms with Crippen molar-refractivity contribution < 1.29 is 9.53 Å². The van der Waals surface area contributed by atoms with Crippen LogP contribution in [0.1, 0.15) is 6.92 Å². The zero-order valence-electron chi connectivity index (χ0n) is 9.38. The summed E-state index contributed by atoms with van der Waals surface area (Å²) in [6.45, 7) is 1.82. The van der Waals surface area contributed by atoms with Crippen molar-refractivity contribution in [1.82, 2.24) is 0 Å². The Kier molecular flexibility index (Phi) is 4.44. The van der Waals surface area contributed by atoms with E-state index in [0.29, 0.717) is 28.0 Å². The summed E-state index contributed by atoms with van der Waals surface area (Å²) in [6.07, 6.45) is 0. The van der Waals surface area contributed by atoms with Crippen LogP contribution in [0.25, 0.3) is 0 Å². The van der Waals surface area contributed by atoms with Gasteiger partial charge in [-0.25, -0.2) is 0 Å². The first-order valence-electron chi connectivity index (χ1n) is 4.70. The standard InChI is InChI=1S/C11H13Cl2NO2/c1-7(15)6-14(2)8-4-5-9(16-3)11(13)10(8)12/h4-5H,6H2,1-3H3. The molecule has 0 saturated carbocycles. The lowest BCUT2D eigenvalue weighted by molar-refractivity contribution is -0.115. The Hall–Kier alpha value is -0.930. The summed E-state index contributed by atoms with van der Waals surface area (Å²) in [6, 6.07) is 3.50. The highest BCUT2D eigenvalue weighted by Crippen LogP contribution is 2.38. The second-order valence-electron chi connectivity index (χ2n) is 3.47. The van der Waals surface area contributed by atoms with Crippen molar-refractivity contribution in [2.24, 2.45) is 0 Å².